The highest BCUT2D eigenvalue weighted by Crippen LogP contribution is 2.30. The normalized spacial score (nSPS) is 14.0. The number of anilines is 1. The highest BCUT2D eigenvalue weighted by atomic mass is 16.6. The van der Waals surface area contributed by atoms with E-state index in [1.54, 1.807) is 36.2 Å². The van der Waals surface area contributed by atoms with E-state index in [1.165, 1.54) is 6.07 Å². The van der Waals surface area contributed by atoms with Crippen LogP contribution in [0, 0.1) is 10.1 Å². The SMILES string of the molecule is CN1CCN(c2ccc([N+](=O)[O-])c(-n3nc(-c4ccccc4)c4ccccc4c3=O)c2)CC1=O. The van der Waals surface area contributed by atoms with Gasteiger partial charge in [0.2, 0.25) is 5.91 Å². The van der Waals surface area contributed by atoms with E-state index in [2.05, 4.69) is 5.10 Å². The van der Waals surface area contributed by atoms with Gasteiger partial charge in [0, 0.05) is 42.8 Å². The van der Waals surface area contributed by atoms with Crippen molar-refractivity contribution in [2.45, 2.75) is 0 Å². The largest absolute Gasteiger partial charge is 0.360 e. The zero-order valence-electron chi connectivity index (χ0n) is 18.4. The van der Waals surface area contributed by atoms with Crippen molar-refractivity contribution in [3.63, 3.8) is 0 Å². The Balaban J connectivity index is 1.75. The maximum Gasteiger partial charge on any atom is 0.295 e. The van der Waals surface area contributed by atoms with Crippen LogP contribution >= 0.6 is 0 Å². The van der Waals surface area contributed by atoms with Gasteiger partial charge in [-0.1, -0.05) is 48.5 Å². The molecule has 0 spiro atoms. The number of nitro groups is 1. The van der Waals surface area contributed by atoms with E-state index < -0.39 is 10.5 Å². The third kappa shape index (κ3) is 3.66. The summed E-state index contributed by atoms with van der Waals surface area (Å²) in [7, 11) is 1.74. The van der Waals surface area contributed by atoms with Crippen molar-refractivity contribution in [2.75, 3.05) is 31.6 Å². The number of fused-ring (bicyclic) bond motifs is 1. The van der Waals surface area contributed by atoms with Gasteiger partial charge in [-0.3, -0.25) is 19.7 Å². The molecule has 0 N–H and O–H groups in total. The molecule has 0 aliphatic carbocycles. The number of rotatable bonds is 4. The van der Waals surface area contributed by atoms with Crippen molar-refractivity contribution < 1.29 is 9.72 Å². The van der Waals surface area contributed by atoms with Crippen molar-refractivity contribution >= 4 is 28.1 Å². The molecule has 0 bridgehead atoms. The van der Waals surface area contributed by atoms with Gasteiger partial charge in [0.1, 0.15) is 5.69 Å². The fourth-order valence-corrected chi connectivity index (χ4v) is 4.17. The number of carbonyl (C=O) groups excluding carboxylic acids is 1. The summed E-state index contributed by atoms with van der Waals surface area (Å²) in [6.07, 6.45) is 0. The zero-order valence-corrected chi connectivity index (χ0v) is 18.4. The molecule has 1 fully saturated rings. The van der Waals surface area contributed by atoms with Gasteiger partial charge in [-0.25, -0.2) is 0 Å². The highest BCUT2D eigenvalue weighted by Gasteiger charge is 2.25. The summed E-state index contributed by atoms with van der Waals surface area (Å²) < 4.78 is 1.10. The van der Waals surface area contributed by atoms with Gasteiger partial charge in [-0.2, -0.15) is 9.78 Å². The Hall–Kier alpha value is -4.53. The monoisotopic (exact) mass is 455 g/mol. The Morgan fingerprint density at radius 1 is 0.912 bits per heavy atom. The third-order valence-corrected chi connectivity index (χ3v) is 6.06. The lowest BCUT2D eigenvalue weighted by atomic mass is 10.1. The summed E-state index contributed by atoms with van der Waals surface area (Å²) in [6, 6.07) is 21.0. The maximum atomic E-state index is 13.5. The van der Waals surface area contributed by atoms with Gasteiger partial charge in [0.05, 0.1) is 22.5 Å². The molecule has 1 aromatic heterocycles. The van der Waals surface area contributed by atoms with E-state index in [4.69, 9.17) is 0 Å². The van der Waals surface area contributed by atoms with Gasteiger partial charge in [-0.05, 0) is 18.2 Å². The number of aromatic nitrogens is 2. The fourth-order valence-electron chi connectivity index (χ4n) is 4.17. The number of piperazine rings is 1. The lowest BCUT2D eigenvalue weighted by molar-refractivity contribution is -0.384. The molecule has 4 aromatic rings. The maximum absolute atomic E-state index is 13.5. The molecule has 3 aromatic carbocycles. The second-order valence-corrected chi connectivity index (χ2v) is 8.14. The van der Waals surface area contributed by atoms with Crippen LogP contribution in [0.1, 0.15) is 0 Å². The van der Waals surface area contributed by atoms with Crippen LogP contribution in [-0.4, -0.2) is 52.2 Å². The molecule has 0 radical (unpaired) electrons. The molecule has 2 heterocycles. The Morgan fingerprint density at radius 3 is 2.32 bits per heavy atom. The smallest absolute Gasteiger partial charge is 0.295 e. The van der Waals surface area contributed by atoms with Crippen molar-refractivity contribution in [3.8, 4) is 16.9 Å². The Bertz CT molecular complexity index is 1480. The van der Waals surface area contributed by atoms with Crippen LogP contribution < -0.4 is 10.5 Å². The molecule has 1 aliphatic rings. The molecule has 1 amide bonds. The fraction of sp³-hybridized carbons (Fsp3) is 0.160. The van der Waals surface area contributed by atoms with Gasteiger partial charge in [0.15, 0.2) is 0 Å². The number of carbonyl (C=O) groups is 1. The number of hydrogen-bond donors (Lipinski definition) is 0. The van der Waals surface area contributed by atoms with Gasteiger partial charge in [-0.15, -0.1) is 0 Å². The number of nitrogens with zero attached hydrogens (tertiary/aromatic N) is 5. The molecule has 0 saturated carbocycles. The molecule has 0 atom stereocenters. The van der Waals surface area contributed by atoms with Gasteiger partial charge in [0.25, 0.3) is 11.2 Å². The lowest BCUT2D eigenvalue weighted by Gasteiger charge is -2.33. The zero-order chi connectivity index (χ0) is 23.8. The predicted molar refractivity (Wildman–Crippen MR) is 129 cm³/mol. The molecule has 5 rings (SSSR count). The summed E-state index contributed by atoms with van der Waals surface area (Å²) in [5.74, 6) is -0.0430. The minimum atomic E-state index is -0.528. The van der Waals surface area contributed by atoms with Gasteiger partial charge >= 0.3 is 0 Å². The lowest BCUT2D eigenvalue weighted by Crippen LogP contribution is -2.48. The molecule has 0 unspecified atom stereocenters. The second-order valence-electron chi connectivity index (χ2n) is 8.14. The molecule has 9 nitrogen and oxygen atoms in total. The van der Waals surface area contributed by atoms with Crippen LogP contribution in [0.2, 0.25) is 0 Å². The summed E-state index contributed by atoms with van der Waals surface area (Å²) in [5.41, 5.74) is 1.31. The number of amides is 1. The first-order valence-corrected chi connectivity index (χ1v) is 10.8. The van der Waals surface area contributed by atoms with Gasteiger partial charge < -0.3 is 9.80 Å². The molecule has 34 heavy (non-hydrogen) atoms. The van der Waals surface area contributed by atoms with Crippen LogP contribution in [-0.2, 0) is 4.79 Å². The van der Waals surface area contributed by atoms with Crippen LogP contribution in [0.4, 0.5) is 11.4 Å². The van der Waals surface area contributed by atoms with E-state index in [0.29, 0.717) is 35.2 Å². The van der Waals surface area contributed by atoms with Crippen LogP contribution in [0.25, 0.3) is 27.7 Å². The van der Waals surface area contributed by atoms with Crippen molar-refractivity contribution in [3.05, 3.63) is 93.3 Å². The summed E-state index contributed by atoms with van der Waals surface area (Å²) in [6.45, 7) is 1.27. The molecule has 9 heteroatoms. The number of benzene rings is 3. The van der Waals surface area contributed by atoms with E-state index in [1.807, 2.05) is 47.4 Å². The standard InChI is InChI=1S/C25H21N5O4/c1-27-13-14-28(16-23(27)31)18-11-12-21(30(33)34)22(15-18)29-25(32)20-10-6-5-9-19(20)24(26-29)17-7-3-2-4-8-17/h2-12,15H,13-14,16H2,1H3. The van der Waals surface area contributed by atoms with Crippen LogP contribution in [0.3, 0.4) is 0 Å². The number of nitro benzene ring substituents is 1. The first-order chi connectivity index (χ1) is 16.4. The number of hydrogen-bond acceptors (Lipinski definition) is 6. The van der Waals surface area contributed by atoms with Crippen molar-refractivity contribution in [1.29, 1.82) is 0 Å². The van der Waals surface area contributed by atoms with E-state index in [-0.39, 0.29) is 23.8 Å². The minimum Gasteiger partial charge on any atom is -0.360 e. The van der Waals surface area contributed by atoms with E-state index in [0.717, 1.165) is 10.2 Å². The quantitative estimate of drug-likeness (QED) is 0.346. The van der Waals surface area contributed by atoms with E-state index >= 15 is 0 Å². The first kappa shape index (κ1) is 21.3. The van der Waals surface area contributed by atoms with Crippen LogP contribution in [0.5, 0.6) is 0 Å². The summed E-state index contributed by atoms with van der Waals surface area (Å²) in [5, 5.41) is 17.6. The molecular formula is C25H21N5O4. The van der Waals surface area contributed by atoms with E-state index in [9.17, 15) is 19.7 Å². The summed E-state index contributed by atoms with van der Waals surface area (Å²) in [4.78, 5) is 40.5. The average Bonchev–Trinajstić information content (AvgIpc) is 2.86. The molecule has 170 valence electrons. The topological polar surface area (TPSA) is 102 Å². The van der Waals surface area contributed by atoms with Crippen molar-refractivity contribution in [2.24, 2.45) is 0 Å². The summed E-state index contributed by atoms with van der Waals surface area (Å²) >= 11 is 0. The average molecular weight is 455 g/mol. The third-order valence-electron chi connectivity index (χ3n) is 6.06. The minimum absolute atomic E-state index is 0.0430. The predicted octanol–water partition coefficient (Wildman–Crippen LogP) is 3.24. The number of likely N-dealkylation sites (N-methyl/N-ethyl adjacent to an activating group) is 1. The molecular weight excluding hydrogens is 434 g/mol. The Morgan fingerprint density at radius 2 is 1.62 bits per heavy atom. The van der Waals surface area contributed by atoms with Crippen LogP contribution in [0.15, 0.2) is 77.6 Å². The Kier molecular flexibility index (Phi) is 5.29. The Labute approximate surface area is 194 Å². The first-order valence-electron chi connectivity index (χ1n) is 10.8. The molecule has 1 saturated heterocycles. The molecule has 1 aliphatic heterocycles. The second kappa shape index (κ2) is 8.43. The van der Waals surface area contributed by atoms with Crippen molar-refractivity contribution in [1.82, 2.24) is 14.7 Å². The highest BCUT2D eigenvalue weighted by molar-refractivity contribution is 5.94.